The molecule has 3 aromatic rings. The molecule has 0 aliphatic heterocycles. The van der Waals surface area contributed by atoms with Gasteiger partial charge < -0.3 is 20.6 Å². The van der Waals surface area contributed by atoms with Crippen LogP contribution in [-0.4, -0.2) is 61.7 Å². The van der Waals surface area contributed by atoms with E-state index in [0.29, 0.717) is 5.56 Å². The summed E-state index contributed by atoms with van der Waals surface area (Å²) in [5, 5.41) is 14.1. The third-order valence-corrected chi connectivity index (χ3v) is 9.10. The minimum absolute atomic E-state index is 0.00905. The normalized spacial score (nSPS) is 11.9. The number of phenolic OH excluding ortho intramolecular Hbond substituents is 1. The number of benzene rings is 3. The second-order valence-electron chi connectivity index (χ2n) is 8.69. The van der Waals surface area contributed by atoms with Gasteiger partial charge >= 0.3 is 0 Å². The zero-order valence-electron chi connectivity index (χ0n) is 21.7. The Morgan fingerprint density at radius 3 is 2.08 bits per heavy atom. The fraction of sp³-hybridized carbons (Fsp3) is 0.222. The number of aromatic hydroxyl groups is 1. The maximum absolute atomic E-state index is 13.1. The third kappa shape index (κ3) is 6.92. The first-order valence-electron chi connectivity index (χ1n) is 11.7. The van der Waals surface area contributed by atoms with Gasteiger partial charge in [-0.3, -0.25) is 14.4 Å². The standard InChI is InChI=1S/C27H28ClN3O6S2/c1-5-24(39(36,37)19-12-10-18(38-4)11-13-19)26(34)29-21-15-23(32)22(14-20(21)28)30-25(33)16-6-8-17(9-7-16)27(35)31(2)3/h6-15,24,32H,5H2,1-4H3,(H,29,34)(H,30,33). The molecule has 0 saturated carbocycles. The zero-order valence-corrected chi connectivity index (χ0v) is 24.1. The number of carbonyl (C=O) groups excluding carboxylic acids is 3. The molecule has 0 aliphatic carbocycles. The van der Waals surface area contributed by atoms with E-state index in [1.54, 1.807) is 33.2 Å². The van der Waals surface area contributed by atoms with Gasteiger partial charge in [0.1, 0.15) is 11.0 Å². The van der Waals surface area contributed by atoms with Gasteiger partial charge in [0.2, 0.25) is 5.91 Å². The van der Waals surface area contributed by atoms with Crippen LogP contribution in [-0.2, 0) is 14.6 Å². The van der Waals surface area contributed by atoms with E-state index in [-0.39, 0.29) is 39.2 Å². The molecule has 3 rings (SSSR count). The number of sulfone groups is 1. The topological polar surface area (TPSA) is 133 Å². The van der Waals surface area contributed by atoms with E-state index in [2.05, 4.69) is 10.6 Å². The predicted molar refractivity (Wildman–Crippen MR) is 154 cm³/mol. The number of carbonyl (C=O) groups is 3. The van der Waals surface area contributed by atoms with E-state index in [9.17, 15) is 27.9 Å². The fourth-order valence-corrected chi connectivity index (χ4v) is 5.91. The van der Waals surface area contributed by atoms with Gasteiger partial charge in [-0.25, -0.2) is 8.42 Å². The van der Waals surface area contributed by atoms with Crippen LogP contribution in [0, 0.1) is 0 Å². The van der Waals surface area contributed by atoms with E-state index in [0.717, 1.165) is 11.0 Å². The lowest BCUT2D eigenvalue weighted by molar-refractivity contribution is -0.115. The Morgan fingerprint density at radius 1 is 0.949 bits per heavy atom. The number of hydrogen-bond acceptors (Lipinski definition) is 7. The SMILES string of the molecule is CCC(C(=O)Nc1cc(O)c(NC(=O)c2ccc(C(=O)N(C)C)cc2)cc1Cl)S(=O)(=O)c1ccc(SC)cc1. The summed E-state index contributed by atoms with van der Waals surface area (Å²) in [6, 6.07) is 14.6. The highest BCUT2D eigenvalue weighted by molar-refractivity contribution is 7.98. The number of phenols is 1. The second kappa shape index (κ2) is 12.5. The van der Waals surface area contributed by atoms with E-state index in [4.69, 9.17) is 11.6 Å². The molecule has 0 fully saturated rings. The summed E-state index contributed by atoms with van der Waals surface area (Å²) < 4.78 is 26.3. The molecule has 39 heavy (non-hydrogen) atoms. The van der Waals surface area contributed by atoms with Crippen LogP contribution in [0.3, 0.4) is 0 Å². The lowest BCUT2D eigenvalue weighted by Crippen LogP contribution is -2.34. The minimum Gasteiger partial charge on any atom is -0.506 e. The molecule has 206 valence electrons. The molecule has 3 aromatic carbocycles. The first kappa shape index (κ1) is 30.0. The molecule has 1 atom stereocenters. The van der Waals surface area contributed by atoms with Gasteiger partial charge in [0, 0.05) is 36.2 Å². The van der Waals surface area contributed by atoms with Gasteiger partial charge in [-0.05, 0) is 67.3 Å². The number of anilines is 2. The average Bonchev–Trinajstić information content (AvgIpc) is 2.91. The molecule has 0 radical (unpaired) electrons. The maximum Gasteiger partial charge on any atom is 0.255 e. The van der Waals surface area contributed by atoms with E-state index < -0.39 is 32.7 Å². The van der Waals surface area contributed by atoms with Crippen LogP contribution in [0.1, 0.15) is 34.1 Å². The number of halogens is 1. The van der Waals surface area contributed by atoms with Crippen molar-refractivity contribution >= 4 is 62.3 Å². The third-order valence-electron chi connectivity index (χ3n) is 5.82. The molecule has 12 heteroatoms. The van der Waals surface area contributed by atoms with Crippen molar-refractivity contribution < 1.29 is 27.9 Å². The second-order valence-corrected chi connectivity index (χ2v) is 12.1. The summed E-state index contributed by atoms with van der Waals surface area (Å²) >= 11 is 7.77. The van der Waals surface area contributed by atoms with Gasteiger partial charge in [-0.2, -0.15) is 0 Å². The maximum atomic E-state index is 13.1. The summed E-state index contributed by atoms with van der Waals surface area (Å²) in [4.78, 5) is 40.0. The molecule has 0 bridgehead atoms. The van der Waals surface area contributed by atoms with Crippen molar-refractivity contribution in [2.75, 3.05) is 31.0 Å². The van der Waals surface area contributed by atoms with Crippen LogP contribution in [0.5, 0.6) is 5.75 Å². The lowest BCUT2D eigenvalue weighted by atomic mass is 10.1. The Hall–Kier alpha value is -3.54. The Bertz CT molecular complexity index is 1490. The Morgan fingerprint density at radius 2 is 1.54 bits per heavy atom. The molecule has 3 amide bonds. The van der Waals surface area contributed by atoms with Crippen LogP contribution in [0.2, 0.25) is 5.02 Å². The van der Waals surface area contributed by atoms with Crippen molar-refractivity contribution in [3.63, 3.8) is 0 Å². The number of nitrogens with zero attached hydrogens (tertiary/aromatic N) is 1. The van der Waals surface area contributed by atoms with Gasteiger partial charge in [0.15, 0.2) is 9.84 Å². The van der Waals surface area contributed by atoms with Crippen LogP contribution in [0.4, 0.5) is 11.4 Å². The summed E-state index contributed by atoms with van der Waals surface area (Å²) in [7, 11) is -0.757. The first-order chi connectivity index (χ1) is 18.4. The van der Waals surface area contributed by atoms with Crippen LogP contribution >= 0.6 is 23.4 Å². The molecule has 0 aliphatic rings. The number of hydrogen-bond donors (Lipinski definition) is 3. The lowest BCUT2D eigenvalue weighted by Gasteiger charge is -2.18. The van der Waals surface area contributed by atoms with Gasteiger partial charge in [0.05, 0.1) is 21.3 Å². The molecular formula is C27H28ClN3O6S2. The summed E-state index contributed by atoms with van der Waals surface area (Å²) in [5.41, 5.74) is 0.603. The van der Waals surface area contributed by atoms with Crippen molar-refractivity contribution in [1.29, 1.82) is 0 Å². The number of rotatable bonds is 9. The number of nitrogens with one attached hydrogen (secondary N) is 2. The van der Waals surface area contributed by atoms with Gasteiger partial charge in [-0.1, -0.05) is 18.5 Å². The van der Waals surface area contributed by atoms with E-state index in [1.165, 1.54) is 59.1 Å². The molecule has 3 N–H and O–H groups in total. The van der Waals surface area contributed by atoms with Crippen LogP contribution < -0.4 is 10.6 Å². The fourth-order valence-electron chi connectivity index (χ4n) is 3.66. The smallest absolute Gasteiger partial charge is 0.255 e. The Kier molecular flexibility index (Phi) is 9.65. The first-order valence-corrected chi connectivity index (χ1v) is 14.9. The summed E-state index contributed by atoms with van der Waals surface area (Å²) in [5.74, 6) is -1.98. The zero-order chi connectivity index (χ0) is 28.9. The van der Waals surface area contributed by atoms with Gasteiger partial charge in [0.25, 0.3) is 11.8 Å². The summed E-state index contributed by atoms with van der Waals surface area (Å²) in [6.07, 6.45) is 1.88. The molecule has 0 spiro atoms. The van der Waals surface area contributed by atoms with Crippen molar-refractivity contribution in [3.05, 3.63) is 76.8 Å². The molecule has 0 saturated heterocycles. The highest BCUT2D eigenvalue weighted by Crippen LogP contribution is 2.35. The van der Waals surface area contributed by atoms with Crippen molar-refractivity contribution in [2.45, 2.75) is 28.4 Å². The predicted octanol–water partition coefficient (Wildman–Crippen LogP) is 4.91. The Labute approximate surface area is 236 Å². The average molecular weight is 590 g/mol. The largest absolute Gasteiger partial charge is 0.506 e. The molecule has 0 aromatic heterocycles. The van der Waals surface area contributed by atoms with E-state index in [1.807, 2.05) is 6.26 Å². The number of amides is 3. The quantitative estimate of drug-likeness (QED) is 0.238. The van der Waals surface area contributed by atoms with Gasteiger partial charge in [-0.15, -0.1) is 11.8 Å². The minimum atomic E-state index is -3.99. The highest BCUT2D eigenvalue weighted by atomic mass is 35.5. The molecular weight excluding hydrogens is 562 g/mol. The van der Waals surface area contributed by atoms with Crippen LogP contribution in [0.25, 0.3) is 0 Å². The van der Waals surface area contributed by atoms with Crippen molar-refractivity contribution in [2.24, 2.45) is 0 Å². The van der Waals surface area contributed by atoms with Crippen molar-refractivity contribution in [3.8, 4) is 5.75 Å². The molecule has 0 heterocycles. The highest BCUT2D eigenvalue weighted by Gasteiger charge is 2.33. The molecule has 1 unspecified atom stereocenters. The Balaban J connectivity index is 1.76. The monoisotopic (exact) mass is 589 g/mol. The summed E-state index contributed by atoms with van der Waals surface area (Å²) in [6.45, 7) is 1.58. The van der Waals surface area contributed by atoms with E-state index >= 15 is 0 Å². The van der Waals surface area contributed by atoms with Crippen LogP contribution in [0.15, 0.2) is 70.5 Å². The van der Waals surface area contributed by atoms with Crippen molar-refractivity contribution in [1.82, 2.24) is 4.90 Å². The molecule has 9 nitrogen and oxygen atoms in total. The number of thioether (sulfide) groups is 1.